The van der Waals surface area contributed by atoms with Crippen molar-refractivity contribution in [2.45, 2.75) is 51.5 Å². The molecule has 0 radical (unpaired) electrons. The molecule has 20 heavy (non-hydrogen) atoms. The Morgan fingerprint density at radius 3 is 2.45 bits per heavy atom. The van der Waals surface area contributed by atoms with Crippen LogP contribution in [-0.2, 0) is 11.3 Å². The summed E-state index contributed by atoms with van der Waals surface area (Å²) >= 11 is 0. The van der Waals surface area contributed by atoms with E-state index in [1.165, 1.54) is 6.92 Å². The zero-order chi connectivity index (χ0) is 15.2. The van der Waals surface area contributed by atoms with Crippen molar-refractivity contribution in [3.8, 4) is 0 Å². The third kappa shape index (κ3) is 4.21. The summed E-state index contributed by atoms with van der Waals surface area (Å²) < 4.78 is 5.10. The second-order valence-electron chi connectivity index (χ2n) is 5.07. The Bertz CT molecular complexity index is 421. The lowest BCUT2D eigenvalue weighted by atomic mass is 9.88. The first-order valence-corrected chi connectivity index (χ1v) is 6.75. The van der Waals surface area contributed by atoms with Crippen LogP contribution in [0.5, 0.6) is 0 Å². The number of amides is 1. The monoisotopic (exact) mass is 281 g/mol. The number of aliphatic hydroxyl groups is 2. The van der Waals surface area contributed by atoms with Crippen molar-refractivity contribution in [2.75, 3.05) is 0 Å². The Balaban J connectivity index is 2.59. The van der Waals surface area contributed by atoms with Crippen molar-refractivity contribution < 1.29 is 19.7 Å². The lowest BCUT2D eigenvalue weighted by Gasteiger charge is -2.37. The fourth-order valence-corrected chi connectivity index (χ4v) is 1.87. The predicted molar refractivity (Wildman–Crippen MR) is 76.1 cm³/mol. The van der Waals surface area contributed by atoms with E-state index in [-0.39, 0.29) is 6.61 Å². The maximum absolute atomic E-state index is 11.8. The van der Waals surface area contributed by atoms with E-state index in [9.17, 15) is 15.0 Å². The van der Waals surface area contributed by atoms with Crippen molar-refractivity contribution in [3.63, 3.8) is 0 Å². The zero-order valence-corrected chi connectivity index (χ0v) is 12.2. The summed E-state index contributed by atoms with van der Waals surface area (Å²) in [6, 6.07) is 9.30. The van der Waals surface area contributed by atoms with E-state index >= 15 is 0 Å². The molecular formula is C15H23NO4. The Labute approximate surface area is 119 Å². The van der Waals surface area contributed by atoms with Gasteiger partial charge in [0.15, 0.2) is 0 Å². The van der Waals surface area contributed by atoms with Crippen LogP contribution in [0.25, 0.3) is 0 Å². The van der Waals surface area contributed by atoms with Crippen LogP contribution >= 0.6 is 0 Å². The largest absolute Gasteiger partial charge is 0.445 e. The number of benzene rings is 1. The summed E-state index contributed by atoms with van der Waals surface area (Å²) in [5.41, 5.74) is -0.264. The molecule has 5 nitrogen and oxygen atoms in total. The highest BCUT2D eigenvalue weighted by Crippen LogP contribution is 2.18. The molecule has 5 heteroatoms. The van der Waals surface area contributed by atoms with Gasteiger partial charge in [-0.15, -0.1) is 0 Å². The number of carbonyl (C=O) groups excluding carboxylic acids is 1. The molecule has 3 N–H and O–H groups in total. The maximum Gasteiger partial charge on any atom is 0.408 e. The zero-order valence-electron chi connectivity index (χ0n) is 12.2. The Kier molecular flexibility index (Phi) is 5.98. The fraction of sp³-hybridized carbons (Fsp3) is 0.533. The van der Waals surface area contributed by atoms with Gasteiger partial charge in [0.25, 0.3) is 0 Å². The number of nitrogens with one attached hydrogen (secondary N) is 1. The average Bonchev–Trinajstić information content (AvgIpc) is 2.45. The van der Waals surface area contributed by atoms with Crippen molar-refractivity contribution >= 4 is 6.09 Å². The number of rotatable bonds is 6. The van der Waals surface area contributed by atoms with Crippen LogP contribution in [0.4, 0.5) is 4.79 Å². The smallest absolute Gasteiger partial charge is 0.408 e. The third-order valence-corrected chi connectivity index (χ3v) is 3.53. The average molecular weight is 281 g/mol. The van der Waals surface area contributed by atoms with Crippen LogP contribution in [0.3, 0.4) is 0 Å². The van der Waals surface area contributed by atoms with Gasteiger partial charge in [-0.25, -0.2) is 4.79 Å². The van der Waals surface area contributed by atoms with Crippen LogP contribution in [0.1, 0.15) is 32.8 Å². The van der Waals surface area contributed by atoms with Crippen molar-refractivity contribution in [3.05, 3.63) is 35.9 Å². The van der Waals surface area contributed by atoms with Gasteiger partial charge >= 0.3 is 6.09 Å². The first-order chi connectivity index (χ1) is 9.40. The molecule has 0 bridgehead atoms. The van der Waals surface area contributed by atoms with Gasteiger partial charge in [0, 0.05) is 0 Å². The van der Waals surface area contributed by atoms with E-state index in [1.807, 2.05) is 30.3 Å². The van der Waals surface area contributed by atoms with Gasteiger partial charge in [0.2, 0.25) is 0 Å². The second-order valence-corrected chi connectivity index (χ2v) is 5.07. The molecule has 1 aromatic rings. The van der Waals surface area contributed by atoms with E-state index in [0.29, 0.717) is 6.42 Å². The standard InChI is InChI=1S/C15H23NO4/c1-4-13(18)15(3,11(2)17)16-14(19)20-10-12-8-6-5-7-9-12/h5-9,11,13,17-18H,4,10H2,1-3H3,(H,16,19)/t11-,13+,15+/m0/s1. The molecule has 1 aromatic carbocycles. The third-order valence-electron chi connectivity index (χ3n) is 3.53. The molecule has 0 saturated heterocycles. The highest BCUT2D eigenvalue weighted by atomic mass is 16.5. The van der Waals surface area contributed by atoms with Gasteiger partial charge in [0.05, 0.1) is 17.7 Å². The minimum absolute atomic E-state index is 0.144. The highest BCUT2D eigenvalue weighted by Gasteiger charge is 2.38. The van der Waals surface area contributed by atoms with E-state index in [2.05, 4.69) is 5.32 Å². The van der Waals surface area contributed by atoms with E-state index in [1.54, 1.807) is 13.8 Å². The number of carbonyl (C=O) groups is 1. The lowest BCUT2D eigenvalue weighted by molar-refractivity contribution is -0.0165. The van der Waals surface area contributed by atoms with Gasteiger partial charge in [-0.05, 0) is 25.8 Å². The summed E-state index contributed by atoms with van der Waals surface area (Å²) in [5, 5.41) is 22.3. The normalized spacial score (nSPS) is 16.9. The molecule has 0 heterocycles. The van der Waals surface area contributed by atoms with Gasteiger partial charge in [-0.3, -0.25) is 0 Å². The van der Waals surface area contributed by atoms with Crippen LogP contribution in [0.15, 0.2) is 30.3 Å². The molecule has 0 unspecified atom stereocenters. The lowest BCUT2D eigenvalue weighted by Crippen LogP contribution is -2.60. The quantitative estimate of drug-likeness (QED) is 0.743. The molecule has 112 valence electrons. The summed E-state index contributed by atoms with van der Waals surface area (Å²) in [7, 11) is 0. The van der Waals surface area contributed by atoms with Gasteiger partial charge in [0.1, 0.15) is 6.61 Å². The predicted octanol–water partition coefficient (Wildman–Crippen LogP) is 1.82. The van der Waals surface area contributed by atoms with Gasteiger partial charge in [-0.1, -0.05) is 37.3 Å². The molecule has 0 fully saturated rings. The molecule has 1 rings (SSSR count). The number of hydrogen-bond donors (Lipinski definition) is 3. The number of ether oxygens (including phenoxy) is 1. The van der Waals surface area contributed by atoms with E-state index in [4.69, 9.17) is 4.74 Å². The number of alkyl carbamates (subject to hydrolysis) is 1. The van der Waals surface area contributed by atoms with Crippen LogP contribution < -0.4 is 5.32 Å². The minimum atomic E-state index is -1.14. The number of hydrogen-bond acceptors (Lipinski definition) is 4. The van der Waals surface area contributed by atoms with Crippen molar-refractivity contribution in [2.24, 2.45) is 0 Å². The Morgan fingerprint density at radius 1 is 1.35 bits per heavy atom. The first-order valence-electron chi connectivity index (χ1n) is 6.75. The molecule has 0 aliphatic carbocycles. The van der Waals surface area contributed by atoms with Crippen LogP contribution in [-0.4, -0.2) is 34.1 Å². The number of aliphatic hydroxyl groups excluding tert-OH is 2. The molecule has 0 saturated carbocycles. The molecular weight excluding hydrogens is 258 g/mol. The topological polar surface area (TPSA) is 78.8 Å². The first kappa shape index (κ1) is 16.5. The minimum Gasteiger partial charge on any atom is -0.445 e. The molecule has 0 aliphatic heterocycles. The van der Waals surface area contributed by atoms with Crippen molar-refractivity contribution in [1.82, 2.24) is 5.32 Å². The van der Waals surface area contributed by atoms with Crippen LogP contribution in [0, 0.1) is 0 Å². The summed E-state index contributed by atoms with van der Waals surface area (Å²) in [6.07, 6.45) is -2.00. The van der Waals surface area contributed by atoms with Crippen molar-refractivity contribution in [1.29, 1.82) is 0 Å². The van der Waals surface area contributed by atoms with E-state index in [0.717, 1.165) is 5.56 Å². The Hall–Kier alpha value is -1.59. The molecule has 0 aromatic heterocycles. The fourth-order valence-electron chi connectivity index (χ4n) is 1.87. The Morgan fingerprint density at radius 2 is 1.95 bits per heavy atom. The van der Waals surface area contributed by atoms with Crippen LogP contribution in [0.2, 0.25) is 0 Å². The highest BCUT2D eigenvalue weighted by molar-refractivity contribution is 5.68. The van der Waals surface area contributed by atoms with Gasteiger partial charge < -0.3 is 20.3 Å². The molecule has 0 aliphatic rings. The second kappa shape index (κ2) is 7.26. The van der Waals surface area contributed by atoms with Gasteiger partial charge in [-0.2, -0.15) is 0 Å². The maximum atomic E-state index is 11.8. The van der Waals surface area contributed by atoms with E-state index < -0.39 is 23.8 Å². The molecule has 0 spiro atoms. The summed E-state index contributed by atoms with van der Waals surface area (Å²) in [5.74, 6) is 0. The SMILES string of the molecule is CC[C@@H](O)[C@](C)(NC(=O)OCc1ccccc1)[C@H](C)O. The molecule has 3 atom stereocenters. The molecule has 1 amide bonds. The summed E-state index contributed by atoms with van der Waals surface area (Å²) in [4.78, 5) is 11.8. The summed E-state index contributed by atoms with van der Waals surface area (Å²) in [6.45, 7) is 5.04.